The second-order valence-electron chi connectivity index (χ2n) is 7.91. The standard InChI is InChI=1S/C27H22N6O/c28-25(34)20-14-21(16-29-15-20)26-32-24-10-9-19(12-18-6-2-1-3-7-18)13-23(24)27(33-26)31-17-22-8-4-5-11-30-22/h1-11,13-16H,12,17H2,(H2,28,34)(H,31,32,33). The highest BCUT2D eigenvalue weighted by atomic mass is 16.1. The summed E-state index contributed by atoms with van der Waals surface area (Å²) < 4.78 is 0. The average Bonchev–Trinajstić information content (AvgIpc) is 2.88. The zero-order chi connectivity index (χ0) is 23.3. The number of nitrogens with two attached hydrogens (primary N) is 1. The van der Waals surface area contributed by atoms with E-state index in [1.807, 2.05) is 42.5 Å². The Labute approximate surface area is 196 Å². The minimum atomic E-state index is -0.547. The van der Waals surface area contributed by atoms with Crippen LogP contribution < -0.4 is 11.1 Å². The number of nitrogens with one attached hydrogen (secondary N) is 1. The van der Waals surface area contributed by atoms with Gasteiger partial charge in [0.15, 0.2) is 5.82 Å². The molecule has 34 heavy (non-hydrogen) atoms. The highest BCUT2D eigenvalue weighted by molar-refractivity contribution is 5.94. The number of benzene rings is 2. The first-order valence-electron chi connectivity index (χ1n) is 10.9. The fraction of sp³-hybridized carbons (Fsp3) is 0.0741. The van der Waals surface area contributed by atoms with E-state index in [-0.39, 0.29) is 0 Å². The second kappa shape index (κ2) is 9.46. The van der Waals surface area contributed by atoms with Crippen LogP contribution in [-0.4, -0.2) is 25.8 Å². The van der Waals surface area contributed by atoms with Gasteiger partial charge in [0.1, 0.15) is 5.82 Å². The molecule has 7 heteroatoms. The van der Waals surface area contributed by atoms with Gasteiger partial charge in [-0.25, -0.2) is 9.97 Å². The molecular weight excluding hydrogens is 424 g/mol. The molecule has 5 aromatic rings. The molecule has 0 fully saturated rings. The maximum atomic E-state index is 11.6. The number of primary amides is 1. The number of rotatable bonds is 7. The number of pyridine rings is 2. The molecule has 0 bridgehead atoms. The number of nitrogens with zero attached hydrogens (tertiary/aromatic N) is 4. The number of amides is 1. The van der Waals surface area contributed by atoms with E-state index in [9.17, 15) is 4.79 Å². The van der Waals surface area contributed by atoms with Crippen LogP contribution in [0.1, 0.15) is 27.2 Å². The van der Waals surface area contributed by atoms with Crippen LogP contribution in [0, 0.1) is 0 Å². The van der Waals surface area contributed by atoms with Gasteiger partial charge in [-0.2, -0.15) is 0 Å². The van der Waals surface area contributed by atoms with Crippen LogP contribution in [0.15, 0.2) is 91.4 Å². The molecule has 5 rings (SSSR count). The Hall–Kier alpha value is -4.65. The smallest absolute Gasteiger partial charge is 0.250 e. The van der Waals surface area contributed by atoms with E-state index in [1.54, 1.807) is 18.5 Å². The first kappa shape index (κ1) is 21.2. The number of fused-ring (bicyclic) bond motifs is 1. The number of hydrogen-bond acceptors (Lipinski definition) is 6. The van der Waals surface area contributed by atoms with Crippen molar-refractivity contribution in [1.29, 1.82) is 0 Å². The van der Waals surface area contributed by atoms with Crippen LogP contribution in [0.4, 0.5) is 5.82 Å². The quantitative estimate of drug-likeness (QED) is 0.384. The molecule has 2 aromatic carbocycles. The van der Waals surface area contributed by atoms with Crippen LogP contribution in [0.3, 0.4) is 0 Å². The van der Waals surface area contributed by atoms with E-state index in [1.165, 1.54) is 11.8 Å². The average molecular weight is 447 g/mol. The molecule has 0 saturated carbocycles. The van der Waals surface area contributed by atoms with Crippen molar-refractivity contribution in [3.05, 3.63) is 114 Å². The van der Waals surface area contributed by atoms with Gasteiger partial charge in [0.2, 0.25) is 5.91 Å². The molecule has 3 aromatic heterocycles. The Morgan fingerprint density at radius 1 is 0.882 bits per heavy atom. The molecule has 166 valence electrons. The van der Waals surface area contributed by atoms with Gasteiger partial charge in [-0.15, -0.1) is 0 Å². The lowest BCUT2D eigenvalue weighted by atomic mass is 10.0. The molecule has 3 heterocycles. The van der Waals surface area contributed by atoms with Gasteiger partial charge >= 0.3 is 0 Å². The van der Waals surface area contributed by atoms with Gasteiger partial charge in [0, 0.05) is 29.5 Å². The van der Waals surface area contributed by atoms with E-state index in [0.717, 1.165) is 28.6 Å². The maximum absolute atomic E-state index is 11.6. The predicted octanol–water partition coefficient (Wildman–Crippen LogP) is 4.39. The zero-order valence-corrected chi connectivity index (χ0v) is 18.3. The largest absolute Gasteiger partial charge is 0.366 e. The molecule has 7 nitrogen and oxygen atoms in total. The Morgan fingerprint density at radius 3 is 2.53 bits per heavy atom. The van der Waals surface area contributed by atoms with Crippen molar-refractivity contribution in [2.75, 3.05) is 5.32 Å². The highest BCUT2D eigenvalue weighted by Gasteiger charge is 2.13. The van der Waals surface area contributed by atoms with Crippen molar-refractivity contribution in [3.8, 4) is 11.4 Å². The number of hydrogen-bond donors (Lipinski definition) is 2. The van der Waals surface area contributed by atoms with Gasteiger partial charge in [-0.05, 0) is 47.9 Å². The molecule has 0 aliphatic rings. The summed E-state index contributed by atoms with van der Waals surface area (Å²) in [5.41, 5.74) is 10.4. The lowest BCUT2D eigenvalue weighted by molar-refractivity contribution is 0.1000. The van der Waals surface area contributed by atoms with E-state index in [4.69, 9.17) is 15.7 Å². The number of anilines is 1. The molecule has 0 aliphatic heterocycles. The van der Waals surface area contributed by atoms with Crippen LogP contribution in [0.2, 0.25) is 0 Å². The van der Waals surface area contributed by atoms with Crippen molar-refractivity contribution in [2.45, 2.75) is 13.0 Å². The molecule has 0 atom stereocenters. The summed E-state index contributed by atoms with van der Waals surface area (Å²) in [7, 11) is 0. The first-order chi connectivity index (χ1) is 16.7. The normalized spacial score (nSPS) is 10.8. The third kappa shape index (κ3) is 4.73. The topological polar surface area (TPSA) is 107 Å². The lowest BCUT2D eigenvalue weighted by Gasteiger charge is -2.12. The molecule has 0 unspecified atom stereocenters. The van der Waals surface area contributed by atoms with Gasteiger partial charge in [-0.3, -0.25) is 14.8 Å². The van der Waals surface area contributed by atoms with Crippen molar-refractivity contribution in [2.24, 2.45) is 5.73 Å². The summed E-state index contributed by atoms with van der Waals surface area (Å²) >= 11 is 0. The van der Waals surface area contributed by atoms with E-state index < -0.39 is 5.91 Å². The van der Waals surface area contributed by atoms with Crippen LogP contribution >= 0.6 is 0 Å². The SMILES string of the molecule is NC(=O)c1cncc(-c2nc(NCc3ccccn3)c3cc(Cc4ccccc4)ccc3n2)c1. The van der Waals surface area contributed by atoms with E-state index in [0.29, 0.717) is 29.3 Å². The van der Waals surface area contributed by atoms with Crippen LogP contribution in [0.5, 0.6) is 0 Å². The minimum absolute atomic E-state index is 0.308. The molecule has 0 spiro atoms. The van der Waals surface area contributed by atoms with Crippen molar-refractivity contribution >= 4 is 22.6 Å². The molecule has 0 radical (unpaired) electrons. The Morgan fingerprint density at radius 2 is 1.74 bits per heavy atom. The lowest BCUT2D eigenvalue weighted by Crippen LogP contribution is -2.11. The molecule has 1 amide bonds. The fourth-order valence-corrected chi connectivity index (χ4v) is 3.75. The zero-order valence-electron chi connectivity index (χ0n) is 18.3. The van der Waals surface area contributed by atoms with Crippen molar-refractivity contribution in [1.82, 2.24) is 19.9 Å². The first-order valence-corrected chi connectivity index (χ1v) is 10.9. The highest BCUT2D eigenvalue weighted by Crippen LogP contribution is 2.27. The summed E-state index contributed by atoms with van der Waals surface area (Å²) in [6.07, 6.45) is 5.63. The summed E-state index contributed by atoms with van der Waals surface area (Å²) in [4.78, 5) is 29.7. The van der Waals surface area contributed by atoms with Gasteiger partial charge in [0.25, 0.3) is 0 Å². The Kier molecular flexibility index (Phi) is 5.90. The Balaban J connectivity index is 1.57. The van der Waals surface area contributed by atoms with Gasteiger partial charge in [-0.1, -0.05) is 42.5 Å². The Bertz CT molecular complexity index is 1450. The monoisotopic (exact) mass is 446 g/mol. The molecule has 0 saturated heterocycles. The van der Waals surface area contributed by atoms with Crippen molar-refractivity contribution in [3.63, 3.8) is 0 Å². The predicted molar refractivity (Wildman–Crippen MR) is 132 cm³/mol. The van der Waals surface area contributed by atoms with Crippen LogP contribution in [-0.2, 0) is 13.0 Å². The van der Waals surface area contributed by atoms with E-state index >= 15 is 0 Å². The van der Waals surface area contributed by atoms with E-state index in [2.05, 4.69) is 39.6 Å². The number of carbonyl (C=O) groups excluding carboxylic acids is 1. The number of aromatic nitrogens is 4. The summed E-state index contributed by atoms with van der Waals surface area (Å²) in [5.74, 6) is 0.599. The second-order valence-corrected chi connectivity index (χ2v) is 7.91. The maximum Gasteiger partial charge on any atom is 0.250 e. The summed E-state index contributed by atoms with van der Waals surface area (Å²) in [6, 6.07) is 24.0. The number of carbonyl (C=O) groups is 1. The molecule has 3 N–H and O–H groups in total. The van der Waals surface area contributed by atoms with Crippen LogP contribution in [0.25, 0.3) is 22.3 Å². The molecule has 0 aliphatic carbocycles. The fourth-order valence-electron chi connectivity index (χ4n) is 3.75. The molecular formula is C27H22N6O. The van der Waals surface area contributed by atoms with Gasteiger partial charge < -0.3 is 11.1 Å². The van der Waals surface area contributed by atoms with Gasteiger partial charge in [0.05, 0.1) is 23.3 Å². The third-order valence-corrected chi connectivity index (χ3v) is 5.46. The van der Waals surface area contributed by atoms with Crippen molar-refractivity contribution < 1.29 is 4.79 Å². The summed E-state index contributed by atoms with van der Waals surface area (Å²) in [5, 5.41) is 4.33. The minimum Gasteiger partial charge on any atom is -0.366 e. The summed E-state index contributed by atoms with van der Waals surface area (Å²) in [6.45, 7) is 0.509. The third-order valence-electron chi connectivity index (χ3n) is 5.46.